The molecule has 2 aromatic rings. The molecule has 0 aromatic heterocycles. The van der Waals surface area contributed by atoms with E-state index in [-0.39, 0.29) is 0 Å². The fourth-order valence-corrected chi connectivity index (χ4v) is 3.48. The van der Waals surface area contributed by atoms with Crippen LogP contribution in [0.5, 0.6) is 0 Å². The predicted molar refractivity (Wildman–Crippen MR) is 97.3 cm³/mol. The molecule has 0 saturated carbocycles. The monoisotopic (exact) mass is 292 g/mol. The normalized spacial score (nSPS) is 11.0. The van der Waals surface area contributed by atoms with Crippen LogP contribution in [0.4, 0.5) is 0 Å². The first-order chi connectivity index (χ1) is 10.4. The van der Waals surface area contributed by atoms with Crippen LogP contribution in [-0.4, -0.2) is 0 Å². The number of aryl methyl sites for hydroxylation is 6. The van der Waals surface area contributed by atoms with Crippen LogP contribution in [0, 0.1) is 54.4 Å². The van der Waals surface area contributed by atoms with Crippen LogP contribution in [0.1, 0.15) is 57.3 Å². The van der Waals surface area contributed by atoms with Crippen molar-refractivity contribution >= 4 is 0 Å². The van der Waals surface area contributed by atoms with Gasteiger partial charge in [-0.25, -0.2) is 0 Å². The highest BCUT2D eigenvalue weighted by molar-refractivity contribution is 5.43. The first-order valence-electron chi connectivity index (χ1n) is 8.20. The maximum Gasteiger partial charge on any atom is -0.00874 e. The lowest BCUT2D eigenvalue weighted by atomic mass is 9.92. The van der Waals surface area contributed by atoms with E-state index in [1.807, 2.05) is 0 Å². The lowest BCUT2D eigenvalue weighted by Crippen LogP contribution is -1.96. The number of hydrogen-bond acceptors (Lipinski definition) is 0. The predicted octanol–water partition coefficient (Wildman–Crippen LogP) is 6.12. The zero-order valence-corrected chi connectivity index (χ0v) is 14.9. The first kappa shape index (κ1) is 16.8. The van der Waals surface area contributed by atoms with Crippen molar-refractivity contribution in [3.8, 4) is 0 Å². The van der Waals surface area contributed by atoms with Crippen molar-refractivity contribution in [2.75, 3.05) is 0 Å². The first-order valence-corrected chi connectivity index (χ1v) is 8.20. The van der Waals surface area contributed by atoms with E-state index in [9.17, 15) is 0 Å². The Morgan fingerprint density at radius 1 is 0.545 bits per heavy atom. The van der Waals surface area contributed by atoms with Crippen LogP contribution < -0.4 is 0 Å². The summed E-state index contributed by atoms with van der Waals surface area (Å²) in [7, 11) is 0. The van der Waals surface area contributed by atoms with Gasteiger partial charge in [-0.15, -0.1) is 0 Å². The highest BCUT2D eigenvalue weighted by Crippen LogP contribution is 2.23. The van der Waals surface area contributed by atoms with E-state index in [4.69, 9.17) is 0 Å². The summed E-state index contributed by atoms with van der Waals surface area (Å²) in [5.74, 6) is 0. The van der Waals surface area contributed by atoms with Crippen LogP contribution >= 0.6 is 0 Å². The van der Waals surface area contributed by atoms with Gasteiger partial charge in [0.15, 0.2) is 0 Å². The molecule has 0 fully saturated rings. The zero-order valence-electron chi connectivity index (χ0n) is 14.9. The molecule has 2 radical (unpaired) electrons. The zero-order chi connectivity index (χ0) is 16.3. The molecule has 0 bridgehead atoms. The van der Waals surface area contributed by atoms with Crippen molar-refractivity contribution in [3.05, 3.63) is 81.6 Å². The third-order valence-electron chi connectivity index (χ3n) is 4.34. The smallest absolute Gasteiger partial charge is 0.00874 e. The van der Waals surface area contributed by atoms with Crippen molar-refractivity contribution in [3.63, 3.8) is 0 Å². The van der Waals surface area contributed by atoms with Crippen molar-refractivity contribution in [2.45, 2.75) is 54.4 Å². The van der Waals surface area contributed by atoms with Gasteiger partial charge in [-0.3, -0.25) is 0 Å². The van der Waals surface area contributed by atoms with Gasteiger partial charge in [0.05, 0.1) is 0 Å². The van der Waals surface area contributed by atoms with E-state index in [1.54, 1.807) is 0 Å². The Morgan fingerprint density at radius 2 is 0.818 bits per heavy atom. The molecule has 0 heteroatoms. The second-order valence-electron chi connectivity index (χ2n) is 6.61. The lowest BCUT2D eigenvalue weighted by molar-refractivity contribution is 0.928. The van der Waals surface area contributed by atoms with Crippen LogP contribution in [0.25, 0.3) is 0 Å². The third kappa shape index (κ3) is 4.00. The molecule has 0 aliphatic heterocycles. The van der Waals surface area contributed by atoms with Crippen LogP contribution in [0.3, 0.4) is 0 Å². The second-order valence-corrected chi connectivity index (χ2v) is 6.61. The van der Waals surface area contributed by atoms with Crippen LogP contribution in [0.2, 0.25) is 0 Å². The summed E-state index contributed by atoms with van der Waals surface area (Å²) in [4.78, 5) is 0. The highest BCUT2D eigenvalue weighted by Gasteiger charge is 2.07. The number of benzene rings is 2. The molecule has 0 atom stereocenters. The number of rotatable bonds is 5. The minimum atomic E-state index is 1.09. The summed E-state index contributed by atoms with van der Waals surface area (Å²) in [6, 6.07) is 9.10. The molecule has 0 unspecified atom stereocenters. The molecular formula is C22H28. The van der Waals surface area contributed by atoms with Crippen LogP contribution in [-0.2, 0) is 0 Å². The van der Waals surface area contributed by atoms with E-state index < -0.39 is 0 Å². The molecular weight excluding hydrogens is 264 g/mol. The topological polar surface area (TPSA) is 0 Å². The standard InChI is InChI=1S/C22H28/c1-15-11-17(3)21(18(4)12-15)9-7-8-10-22-19(5)13-16(2)14-20(22)6/h9-14H,7-8H2,1-6H3. The number of hydrogen-bond donors (Lipinski definition) is 0. The summed E-state index contributed by atoms with van der Waals surface area (Å²) >= 11 is 0. The molecule has 0 heterocycles. The lowest BCUT2D eigenvalue weighted by Gasteiger charge is -2.13. The molecule has 2 rings (SSSR count). The van der Waals surface area contributed by atoms with E-state index in [0.717, 1.165) is 12.8 Å². The fourth-order valence-electron chi connectivity index (χ4n) is 3.48. The molecule has 0 saturated heterocycles. The number of unbranched alkanes of at least 4 members (excludes halogenated alkanes) is 1. The van der Waals surface area contributed by atoms with E-state index in [2.05, 4.69) is 78.6 Å². The largest absolute Gasteiger partial charge is 0.0561 e. The molecule has 116 valence electrons. The molecule has 22 heavy (non-hydrogen) atoms. The van der Waals surface area contributed by atoms with Crippen molar-refractivity contribution in [2.24, 2.45) is 0 Å². The molecule has 2 aromatic carbocycles. The van der Waals surface area contributed by atoms with E-state index in [1.165, 1.54) is 44.5 Å². The molecule has 0 N–H and O–H groups in total. The Bertz CT molecular complexity index is 556. The Balaban J connectivity index is 1.96. The average molecular weight is 292 g/mol. The maximum atomic E-state index is 2.39. The Morgan fingerprint density at radius 3 is 1.09 bits per heavy atom. The molecule has 0 aliphatic carbocycles. The summed E-state index contributed by atoms with van der Waals surface area (Å²) in [5, 5.41) is 0. The van der Waals surface area contributed by atoms with E-state index in [0.29, 0.717) is 0 Å². The fraction of sp³-hybridized carbons (Fsp3) is 0.364. The Kier molecular flexibility index (Phi) is 5.45. The summed E-state index contributed by atoms with van der Waals surface area (Å²) in [5.41, 5.74) is 11.1. The van der Waals surface area contributed by atoms with Gasteiger partial charge in [-0.2, -0.15) is 0 Å². The third-order valence-corrected chi connectivity index (χ3v) is 4.34. The van der Waals surface area contributed by atoms with Gasteiger partial charge in [0.1, 0.15) is 0 Å². The van der Waals surface area contributed by atoms with Gasteiger partial charge in [0.25, 0.3) is 0 Å². The Hall–Kier alpha value is -1.56. The summed E-state index contributed by atoms with van der Waals surface area (Å²) in [6.45, 7) is 13.2. The maximum absolute atomic E-state index is 2.39. The molecule has 0 nitrogen and oxygen atoms in total. The van der Waals surface area contributed by atoms with Gasteiger partial charge in [0.2, 0.25) is 0 Å². The SMILES string of the molecule is Cc1cc(C)c([CH]CC[CH]c2c(C)cc(C)cc2C)c(C)c1. The van der Waals surface area contributed by atoms with Crippen molar-refractivity contribution in [1.82, 2.24) is 0 Å². The summed E-state index contributed by atoms with van der Waals surface area (Å²) < 4.78 is 0. The summed E-state index contributed by atoms with van der Waals surface area (Å²) in [6.07, 6.45) is 6.97. The van der Waals surface area contributed by atoms with Crippen molar-refractivity contribution in [1.29, 1.82) is 0 Å². The van der Waals surface area contributed by atoms with Crippen molar-refractivity contribution < 1.29 is 0 Å². The minimum Gasteiger partial charge on any atom is -0.0561 e. The molecule has 0 spiro atoms. The van der Waals surface area contributed by atoms with Gasteiger partial charge in [-0.1, -0.05) is 35.4 Å². The van der Waals surface area contributed by atoms with Crippen LogP contribution in [0.15, 0.2) is 24.3 Å². The molecule has 0 aliphatic rings. The quantitative estimate of drug-likeness (QED) is 0.582. The average Bonchev–Trinajstić information content (AvgIpc) is 2.38. The minimum absolute atomic E-state index is 1.09. The van der Waals surface area contributed by atoms with Gasteiger partial charge in [-0.05, 0) is 101 Å². The highest BCUT2D eigenvalue weighted by atomic mass is 14.1. The second kappa shape index (κ2) is 7.13. The van der Waals surface area contributed by atoms with Gasteiger partial charge < -0.3 is 0 Å². The Labute approximate surface area is 136 Å². The van der Waals surface area contributed by atoms with E-state index >= 15 is 0 Å². The molecule has 0 amide bonds. The van der Waals surface area contributed by atoms with Gasteiger partial charge >= 0.3 is 0 Å². The van der Waals surface area contributed by atoms with Gasteiger partial charge in [0, 0.05) is 0 Å².